The Balaban J connectivity index is 3.92. The first-order chi connectivity index (χ1) is 5.40. The molecule has 3 heteroatoms. The van der Waals surface area contributed by atoms with Gasteiger partial charge in [-0.1, -0.05) is 13.5 Å². The van der Waals surface area contributed by atoms with Crippen LogP contribution in [0.15, 0.2) is 12.2 Å². The first-order valence-electron chi connectivity index (χ1n) is 4.13. The molecule has 0 radical (unpaired) electrons. The van der Waals surface area contributed by atoms with Crippen LogP contribution in [0.25, 0.3) is 0 Å². The van der Waals surface area contributed by atoms with E-state index < -0.39 is 16.4 Å². The Hall–Kier alpha value is -0.150. The summed E-state index contributed by atoms with van der Waals surface area (Å²) >= 11 is 0. The SMILES string of the molecule is C=C(C)[C@](C)(O)CCS(=O)CC. The molecule has 1 N–H and O–H groups in total. The summed E-state index contributed by atoms with van der Waals surface area (Å²) in [5, 5.41) is 9.70. The largest absolute Gasteiger partial charge is 0.386 e. The topological polar surface area (TPSA) is 37.3 Å². The molecule has 0 heterocycles. The zero-order valence-electron chi connectivity index (χ0n) is 8.09. The van der Waals surface area contributed by atoms with Crippen LogP contribution >= 0.6 is 0 Å². The van der Waals surface area contributed by atoms with Crippen LogP contribution in [0.2, 0.25) is 0 Å². The van der Waals surface area contributed by atoms with Crippen LogP contribution in [0, 0.1) is 0 Å². The van der Waals surface area contributed by atoms with E-state index in [2.05, 4.69) is 6.58 Å². The summed E-state index contributed by atoms with van der Waals surface area (Å²) in [5.74, 6) is 1.21. The highest BCUT2D eigenvalue weighted by Crippen LogP contribution is 2.18. The summed E-state index contributed by atoms with van der Waals surface area (Å²) in [7, 11) is -0.791. The maximum Gasteiger partial charge on any atom is 0.0832 e. The maximum absolute atomic E-state index is 11.1. The lowest BCUT2D eigenvalue weighted by molar-refractivity contribution is 0.0961. The van der Waals surface area contributed by atoms with Crippen molar-refractivity contribution in [2.75, 3.05) is 11.5 Å². The van der Waals surface area contributed by atoms with Crippen LogP contribution in [0.4, 0.5) is 0 Å². The fourth-order valence-electron chi connectivity index (χ4n) is 0.670. The molecular weight excluding hydrogens is 172 g/mol. The Kier molecular flexibility index (Phi) is 4.71. The minimum atomic E-state index is -0.856. The number of hydrogen-bond acceptors (Lipinski definition) is 2. The molecule has 0 spiro atoms. The maximum atomic E-state index is 11.1. The number of rotatable bonds is 5. The monoisotopic (exact) mass is 190 g/mol. The second-order valence-corrected chi connectivity index (χ2v) is 5.10. The Morgan fingerprint density at radius 1 is 1.67 bits per heavy atom. The Bertz CT molecular complexity index is 185. The lowest BCUT2D eigenvalue weighted by atomic mass is 9.96. The van der Waals surface area contributed by atoms with E-state index in [1.54, 1.807) is 13.8 Å². The van der Waals surface area contributed by atoms with Gasteiger partial charge in [0.25, 0.3) is 0 Å². The van der Waals surface area contributed by atoms with Gasteiger partial charge in [-0.15, -0.1) is 0 Å². The van der Waals surface area contributed by atoms with Gasteiger partial charge in [-0.3, -0.25) is 4.21 Å². The van der Waals surface area contributed by atoms with Crippen molar-refractivity contribution >= 4 is 10.8 Å². The van der Waals surface area contributed by atoms with Crippen LogP contribution in [0.1, 0.15) is 27.2 Å². The van der Waals surface area contributed by atoms with Gasteiger partial charge in [0.2, 0.25) is 0 Å². The normalized spacial score (nSPS) is 18.3. The molecule has 0 aromatic heterocycles. The van der Waals surface area contributed by atoms with Crippen LogP contribution < -0.4 is 0 Å². The molecule has 0 bridgehead atoms. The standard InChI is InChI=1S/C9H18O2S/c1-5-12(11)7-6-9(4,10)8(2)3/h10H,2,5-7H2,1,3-4H3/t9-,12?/m1/s1. The fraction of sp³-hybridized carbons (Fsp3) is 0.778. The molecule has 0 fully saturated rings. The third-order valence-corrected chi connectivity index (χ3v) is 3.36. The molecule has 0 rings (SSSR count). The smallest absolute Gasteiger partial charge is 0.0832 e. The van der Waals surface area contributed by atoms with Gasteiger partial charge in [0, 0.05) is 22.3 Å². The molecule has 0 aliphatic heterocycles. The molecule has 0 amide bonds. The van der Waals surface area contributed by atoms with Gasteiger partial charge < -0.3 is 5.11 Å². The molecular formula is C9H18O2S. The van der Waals surface area contributed by atoms with E-state index in [9.17, 15) is 9.32 Å². The van der Waals surface area contributed by atoms with Gasteiger partial charge in [0.15, 0.2) is 0 Å². The molecule has 2 nitrogen and oxygen atoms in total. The summed E-state index contributed by atoms with van der Waals surface area (Å²) in [6.07, 6.45) is 0.531. The summed E-state index contributed by atoms with van der Waals surface area (Å²) in [6, 6.07) is 0. The van der Waals surface area contributed by atoms with Crippen molar-refractivity contribution in [3.63, 3.8) is 0 Å². The predicted octanol–water partition coefficient (Wildman–Crippen LogP) is 1.47. The van der Waals surface area contributed by atoms with Gasteiger partial charge in [0.1, 0.15) is 0 Å². The van der Waals surface area contributed by atoms with E-state index in [-0.39, 0.29) is 0 Å². The Labute approximate surface area is 77.1 Å². The molecule has 12 heavy (non-hydrogen) atoms. The zero-order valence-corrected chi connectivity index (χ0v) is 8.91. The highest BCUT2D eigenvalue weighted by molar-refractivity contribution is 7.84. The minimum absolute atomic E-state index is 0.531. The summed E-state index contributed by atoms with van der Waals surface area (Å²) < 4.78 is 11.1. The fourth-order valence-corrected chi connectivity index (χ4v) is 1.58. The average molecular weight is 190 g/mol. The van der Waals surface area contributed by atoms with Crippen molar-refractivity contribution in [1.82, 2.24) is 0 Å². The van der Waals surface area contributed by atoms with E-state index in [0.717, 1.165) is 5.57 Å². The molecule has 0 saturated carbocycles. The minimum Gasteiger partial charge on any atom is -0.386 e. The Morgan fingerprint density at radius 2 is 2.17 bits per heavy atom. The van der Waals surface area contributed by atoms with Crippen LogP contribution in [-0.4, -0.2) is 26.4 Å². The molecule has 2 atom stereocenters. The van der Waals surface area contributed by atoms with Crippen LogP contribution in [-0.2, 0) is 10.8 Å². The van der Waals surface area contributed by atoms with Gasteiger partial charge in [0.05, 0.1) is 5.60 Å². The van der Waals surface area contributed by atoms with Crippen molar-refractivity contribution in [1.29, 1.82) is 0 Å². The predicted molar refractivity (Wildman–Crippen MR) is 53.6 cm³/mol. The van der Waals surface area contributed by atoms with Crippen molar-refractivity contribution in [3.05, 3.63) is 12.2 Å². The van der Waals surface area contributed by atoms with Crippen molar-refractivity contribution in [2.45, 2.75) is 32.8 Å². The van der Waals surface area contributed by atoms with Crippen LogP contribution in [0.3, 0.4) is 0 Å². The van der Waals surface area contributed by atoms with Crippen LogP contribution in [0.5, 0.6) is 0 Å². The van der Waals surface area contributed by atoms with E-state index in [1.165, 1.54) is 0 Å². The number of aliphatic hydroxyl groups is 1. The molecule has 0 aromatic rings. The van der Waals surface area contributed by atoms with Gasteiger partial charge in [-0.25, -0.2) is 0 Å². The molecule has 72 valence electrons. The number of hydrogen-bond donors (Lipinski definition) is 1. The first kappa shape index (κ1) is 11.8. The zero-order chi connectivity index (χ0) is 9.78. The lowest BCUT2D eigenvalue weighted by Gasteiger charge is -2.22. The molecule has 0 aliphatic carbocycles. The quantitative estimate of drug-likeness (QED) is 0.667. The second-order valence-electron chi connectivity index (χ2n) is 3.24. The third kappa shape index (κ3) is 4.02. The van der Waals surface area contributed by atoms with E-state index >= 15 is 0 Å². The summed E-state index contributed by atoms with van der Waals surface area (Å²) in [6.45, 7) is 9.06. The molecule has 0 aliphatic rings. The third-order valence-electron chi connectivity index (χ3n) is 2.06. The molecule has 0 saturated heterocycles. The van der Waals surface area contributed by atoms with E-state index in [4.69, 9.17) is 0 Å². The highest BCUT2D eigenvalue weighted by Gasteiger charge is 2.21. The molecule has 0 aromatic carbocycles. The first-order valence-corrected chi connectivity index (χ1v) is 5.62. The summed E-state index contributed by atoms with van der Waals surface area (Å²) in [4.78, 5) is 0. The average Bonchev–Trinajstić information content (AvgIpc) is 2.00. The van der Waals surface area contributed by atoms with E-state index in [0.29, 0.717) is 17.9 Å². The van der Waals surface area contributed by atoms with Gasteiger partial charge >= 0.3 is 0 Å². The lowest BCUT2D eigenvalue weighted by Crippen LogP contribution is -2.27. The summed E-state index contributed by atoms with van der Waals surface area (Å²) in [5.41, 5.74) is -0.124. The van der Waals surface area contributed by atoms with Gasteiger partial charge in [-0.05, 0) is 25.8 Å². The molecule has 1 unspecified atom stereocenters. The van der Waals surface area contributed by atoms with Crippen molar-refractivity contribution in [3.8, 4) is 0 Å². The second kappa shape index (κ2) is 4.77. The van der Waals surface area contributed by atoms with Crippen molar-refractivity contribution < 1.29 is 9.32 Å². The Morgan fingerprint density at radius 3 is 2.50 bits per heavy atom. The van der Waals surface area contributed by atoms with E-state index in [1.807, 2.05) is 6.92 Å². The highest BCUT2D eigenvalue weighted by atomic mass is 32.2. The van der Waals surface area contributed by atoms with Gasteiger partial charge in [-0.2, -0.15) is 0 Å². The van der Waals surface area contributed by atoms with Crippen molar-refractivity contribution in [2.24, 2.45) is 0 Å².